The van der Waals surface area contributed by atoms with Crippen LogP contribution in [0.15, 0.2) is 18.2 Å². The van der Waals surface area contributed by atoms with Crippen molar-refractivity contribution in [2.45, 2.75) is 37.8 Å². The van der Waals surface area contributed by atoms with Gasteiger partial charge < -0.3 is 10.1 Å². The van der Waals surface area contributed by atoms with Crippen molar-refractivity contribution in [3.63, 3.8) is 0 Å². The molecular formula is C14H19F2NO. The van der Waals surface area contributed by atoms with E-state index in [2.05, 4.69) is 5.32 Å². The van der Waals surface area contributed by atoms with Gasteiger partial charge >= 0.3 is 0 Å². The maximum Gasteiger partial charge on any atom is 0.159 e. The van der Waals surface area contributed by atoms with Crippen molar-refractivity contribution >= 4 is 0 Å². The molecule has 100 valence electrons. The van der Waals surface area contributed by atoms with Gasteiger partial charge in [0, 0.05) is 12.6 Å². The zero-order valence-corrected chi connectivity index (χ0v) is 10.6. The molecule has 4 heteroatoms. The molecule has 0 saturated carbocycles. The molecule has 2 atom stereocenters. The highest BCUT2D eigenvalue weighted by atomic mass is 19.2. The average molecular weight is 255 g/mol. The number of ether oxygens (including phenoxy) is 1. The van der Waals surface area contributed by atoms with Crippen molar-refractivity contribution in [1.82, 2.24) is 5.32 Å². The fraction of sp³-hybridized carbons (Fsp3) is 0.571. The van der Waals surface area contributed by atoms with Gasteiger partial charge in [-0.3, -0.25) is 0 Å². The smallest absolute Gasteiger partial charge is 0.159 e. The maximum absolute atomic E-state index is 13.2. The Morgan fingerprint density at radius 1 is 1.33 bits per heavy atom. The van der Waals surface area contributed by atoms with Crippen molar-refractivity contribution in [1.29, 1.82) is 0 Å². The molecule has 1 aliphatic rings. The van der Waals surface area contributed by atoms with E-state index in [4.69, 9.17) is 4.74 Å². The third-order valence-corrected chi connectivity index (χ3v) is 3.47. The Labute approximate surface area is 106 Å². The molecule has 1 aromatic carbocycles. The summed E-state index contributed by atoms with van der Waals surface area (Å²) in [6, 6.07) is 4.07. The van der Waals surface area contributed by atoms with Gasteiger partial charge in [0.15, 0.2) is 11.6 Å². The molecular weight excluding hydrogens is 236 g/mol. The van der Waals surface area contributed by atoms with E-state index in [1.54, 1.807) is 6.07 Å². The van der Waals surface area contributed by atoms with Gasteiger partial charge in [0.05, 0.1) is 6.10 Å². The zero-order chi connectivity index (χ0) is 13.0. The van der Waals surface area contributed by atoms with Gasteiger partial charge in [0.2, 0.25) is 0 Å². The van der Waals surface area contributed by atoms with Crippen LogP contribution in [0.4, 0.5) is 8.78 Å². The third-order valence-electron chi connectivity index (χ3n) is 3.47. The first-order valence-corrected chi connectivity index (χ1v) is 6.44. The molecule has 1 N–H and O–H groups in total. The highest BCUT2D eigenvalue weighted by Gasteiger charge is 2.20. The number of hydrogen-bond donors (Lipinski definition) is 1. The first-order chi connectivity index (χ1) is 8.70. The summed E-state index contributed by atoms with van der Waals surface area (Å²) < 4.78 is 31.8. The molecule has 0 spiro atoms. The molecule has 1 fully saturated rings. The first-order valence-electron chi connectivity index (χ1n) is 6.44. The molecule has 1 heterocycles. The minimum absolute atomic E-state index is 0.00296. The van der Waals surface area contributed by atoms with Crippen LogP contribution in [0, 0.1) is 11.6 Å². The molecule has 2 unspecified atom stereocenters. The maximum atomic E-state index is 13.2. The fourth-order valence-electron chi connectivity index (χ4n) is 2.41. The quantitative estimate of drug-likeness (QED) is 0.892. The SMILES string of the molecule is CNC(CC1CCCCO1)c1ccc(F)c(F)c1. The van der Waals surface area contributed by atoms with Gasteiger partial charge in [-0.15, -0.1) is 0 Å². The van der Waals surface area contributed by atoms with Crippen molar-refractivity contribution in [2.24, 2.45) is 0 Å². The summed E-state index contributed by atoms with van der Waals surface area (Å²) in [5, 5.41) is 3.14. The van der Waals surface area contributed by atoms with Crippen LogP contribution in [-0.2, 0) is 4.74 Å². The number of nitrogens with one attached hydrogen (secondary N) is 1. The van der Waals surface area contributed by atoms with Crippen molar-refractivity contribution in [2.75, 3.05) is 13.7 Å². The molecule has 18 heavy (non-hydrogen) atoms. The molecule has 1 aromatic rings. The molecule has 0 amide bonds. The summed E-state index contributed by atoms with van der Waals surface area (Å²) in [4.78, 5) is 0. The summed E-state index contributed by atoms with van der Waals surface area (Å²) in [6.07, 6.45) is 4.35. The van der Waals surface area contributed by atoms with Crippen molar-refractivity contribution < 1.29 is 13.5 Å². The Morgan fingerprint density at radius 2 is 2.17 bits per heavy atom. The Bertz CT molecular complexity index is 391. The minimum Gasteiger partial charge on any atom is -0.378 e. The first kappa shape index (κ1) is 13.4. The number of rotatable bonds is 4. The molecule has 0 bridgehead atoms. The van der Waals surface area contributed by atoms with Gasteiger partial charge in [0.1, 0.15) is 0 Å². The second-order valence-electron chi connectivity index (χ2n) is 4.74. The highest BCUT2D eigenvalue weighted by Crippen LogP contribution is 2.25. The zero-order valence-electron chi connectivity index (χ0n) is 10.6. The summed E-state index contributed by atoms with van der Waals surface area (Å²) in [5.74, 6) is -1.60. The van der Waals surface area contributed by atoms with Crippen LogP contribution in [0.3, 0.4) is 0 Å². The Balaban J connectivity index is 2.04. The summed E-state index contributed by atoms with van der Waals surface area (Å²) in [6.45, 7) is 0.804. The summed E-state index contributed by atoms with van der Waals surface area (Å²) in [5.41, 5.74) is 0.769. The molecule has 0 radical (unpaired) electrons. The van der Waals surface area contributed by atoms with Gasteiger partial charge in [0.25, 0.3) is 0 Å². The predicted molar refractivity (Wildman–Crippen MR) is 66.4 cm³/mol. The molecule has 2 nitrogen and oxygen atoms in total. The van der Waals surface area contributed by atoms with Crippen LogP contribution < -0.4 is 5.32 Å². The van der Waals surface area contributed by atoms with E-state index in [-0.39, 0.29) is 12.1 Å². The fourth-order valence-corrected chi connectivity index (χ4v) is 2.41. The van der Waals surface area contributed by atoms with E-state index >= 15 is 0 Å². The average Bonchev–Trinajstić information content (AvgIpc) is 2.40. The van der Waals surface area contributed by atoms with Crippen molar-refractivity contribution in [3.05, 3.63) is 35.4 Å². The minimum atomic E-state index is -0.803. The van der Waals surface area contributed by atoms with E-state index < -0.39 is 11.6 Å². The number of halogens is 2. The Morgan fingerprint density at radius 3 is 2.78 bits per heavy atom. The lowest BCUT2D eigenvalue weighted by Gasteiger charge is -2.27. The number of hydrogen-bond acceptors (Lipinski definition) is 2. The van der Waals surface area contributed by atoms with Gasteiger partial charge in [-0.1, -0.05) is 6.07 Å². The molecule has 0 aliphatic carbocycles. The Hall–Kier alpha value is -1.00. The van der Waals surface area contributed by atoms with Crippen LogP contribution in [0.2, 0.25) is 0 Å². The summed E-state index contributed by atoms with van der Waals surface area (Å²) >= 11 is 0. The third kappa shape index (κ3) is 3.27. The van der Waals surface area contributed by atoms with E-state index in [1.807, 2.05) is 7.05 Å². The van der Waals surface area contributed by atoms with E-state index in [9.17, 15) is 8.78 Å². The van der Waals surface area contributed by atoms with Gasteiger partial charge in [-0.05, 0) is 50.4 Å². The Kier molecular flexibility index (Phi) is 4.66. The standard InChI is InChI=1S/C14H19F2NO/c1-17-14(9-11-4-2-3-7-18-11)10-5-6-12(15)13(16)8-10/h5-6,8,11,14,17H,2-4,7,9H2,1H3. The second-order valence-corrected chi connectivity index (χ2v) is 4.74. The molecule has 1 saturated heterocycles. The number of benzene rings is 1. The van der Waals surface area contributed by atoms with E-state index in [0.29, 0.717) is 0 Å². The van der Waals surface area contributed by atoms with Gasteiger partial charge in [-0.25, -0.2) is 8.78 Å². The van der Waals surface area contributed by atoms with Gasteiger partial charge in [-0.2, -0.15) is 0 Å². The molecule has 2 rings (SSSR count). The monoisotopic (exact) mass is 255 g/mol. The van der Waals surface area contributed by atoms with Crippen LogP contribution >= 0.6 is 0 Å². The lowest BCUT2D eigenvalue weighted by molar-refractivity contribution is 0.00546. The highest BCUT2D eigenvalue weighted by molar-refractivity contribution is 5.21. The lowest BCUT2D eigenvalue weighted by Crippen LogP contribution is -2.27. The topological polar surface area (TPSA) is 21.3 Å². The van der Waals surface area contributed by atoms with Crippen LogP contribution in [0.5, 0.6) is 0 Å². The van der Waals surface area contributed by atoms with Crippen LogP contribution in [0.25, 0.3) is 0 Å². The normalized spacial score (nSPS) is 21.8. The van der Waals surface area contributed by atoms with E-state index in [1.165, 1.54) is 18.6 Å². The van der Waals surface area contributed by atoms with Crippen molar-refractivity contribution in [3.8, 4) is 0 Å². The largest absolute Gasteiger partial charge is 0.378 e. The second kappa shape index (κ2) is 6.25. The molecule has 0 aromatic heterocycles. The lowest BCUT2D eigenvalue weighted by atomic mass is 9.96. The molecule has 1 aliphatic heterocycles. The van der Waals surface area contributed by atoms with Crippen LogP contribution in [0.1, 0.15) is 37.3 Å². The van der Waals surface area contributed by atoms with Crippen LogP contribution in [-0.4, -0.2) is 19.8 Å². The summed E-state index contributed by atoms with van der Waals surface area (Å²) in [7, 11) is 1.83. The predicted octanol–water partition coefficient (Wildman–Crippen LogP) is 3.18. The van der Waals surface area contributed by atoms with E-state index in [0.717, 1.165) is 31.4 Å².